The van der Waals surface area contributed by atoms with E-state index in [0.717, 1.165) is 0 Å². The Morgan fingerprint density at radius 2 is 1.31 bits per heavy atom. The summed E-state index contributed by atoms with van der Waals surface area (Å²) in [7, 11) is 0. The molecule has 1 unspecified atom stereocenters. The van der Waals surface area contributed by atoms with E-state index in [1.54, 1.807) is 10.7 Å². The molecule has 0 bridgehead atoms. The maximum absolute atomic E-state index is 14.1. The van der Waals surface area contributed by atoms with Crippen molar-refractivity contribution in [3.05, 3.63) is 131 Å². The zero-order valence-electron chi connectivity index (χ0n) is 22.6. The number of nitro groups is 1. The van der Waals surface area contributed by atoms with Gasteiger partial charge in [-0.05, 0) is 0 Å². The number of amides is 1. The summed E-state index contributed by atoms with van der Waals surface area (Å²) in [6, 6.07) is 33.1. The zero-order chi connectivity index (χ0) is 29.8. The van der Waals surface area contributed by atoms with E-state index in [9.17, 15) is 29.6 Å². The number of benzene rings is 4. The van der Waals surface area contributed by atoms with Crippen LogP contribution in [0.4, 0.5) is 5.69 Å². The summed E-state index contributed by atoms with van der Waals surface area (Å²) < 4.78 is 7.43. The van der Waals surface area contributed by atoms with Gasteiger partial charge in [-0.25, -0.2) is 0 Å². The van der Waals surface area contributed by atoms with Crippen LogP contribution in [0.15, 0.2) is 115 Å². The molecule has 5 rings (SSSR count). The summed E-state index contributed by atoms with van der Waals surface area (Å²) in [5, 5.41) is 23.5. The van der Waals surface area contributed by atoms with Crippen molar-refractivity contribution in [3.8, 4) is 0 Å². The number of β-lactam (4-membered cyclic amide) rings is 1. The van der Waals surface area contributed by atoms with Crippen LogP contribution in [0.1, 0.15) is 18.4 Å². The zero-order valence-corrected chi connectivity index (χ0v) is 23.5. The summed E-state index contributed by atoms with van der Waals surface area (Å²) in [5.41, 5.74) is 0.0653. The van der Waals surface area contributed by atoms with Gasteiger partial charge in [-0.15, -0.1) is 0 Å². The van der Waals surface area contributed by atoms with E-state index in [4.69, 9.17) is 4.74 Å². The van der Waals surface area contributed by atoms with Crippen molar-refractivity contribution in [2.75, 3.05) is 6.16 Å². The van der Waals surface area contributed by atoms with Gasteiger partial charge in [0.1, 0.15) is 0 Å². The molecule has 10 heteroatoms. The van der Waals surface area contributed by atoms with E-state index in [0.29, 0.717) is 15.9 Å². The van der Waals surface area contributed by atoms with Crippen LogP contribution in [0.2, 0.25) is 0 Å². The van der Waals surface area contributed by atoms with Gasteiger partial charge in [0.25, 0.3) is 0 Å². The first-order valence-electron chi connectivity index (χ1n) is 13.4. The monoisotopic (exact) mass is 584 g/mol. The maximum atomic E-state index is 14.1. The third-order valence-corrected chi connectivity index (χ3v) is 14.5. The summed E-state index contributed by atoms with van der Waals surface area (Å²) in [4.78, 5) is 51.0. The van der Waals surface area contributed by atoms with Crippen LogP contribution in [0.25, 0.3) is 0 Å². The number of para-hydroxylation sites is 1. The van der Waals surface area contributed by atoms with Crippen LogP contribution in [0, 0.1) is 10.1 Å². The fourth-order valence-corrected chi connectivity index (χ4v) is 13.0. The van der Waals surface area contributed by atoms with Crippen molar-refractivity contribution >= 4 is 46.2 Å². The SMILES string of the molecule is O=C(O)CC1CC(=O)N1P(CC(=O)OCc1ccccc1[N+](=O)[O-])(c1ccccc1)(c1ccccc1)c1ccccc1. The molecule has 0 aromatic heterocycles. The third-order valence-electron chi connectivity index (χ3n) is 7.85. The Kier molecular flexibility index (Phi) is 7.87. The number of carboxylic acids is 1. The molecule has 1 heterocycles. The molecule has 1 aliphatic rings. The summed E-state index contributed by atoms with van der Waals surface area (Å²) in [6.07, 6.45) is -0.546. The van der Waals surface area contributed by atoms with Crippen LogP contribution in [0.3, 0.4) is 0 Å². The van der Waals surface area contributed by atoms with E-state index in [1.807, 2.05) is 91.0 Å². The van der Waals surface area contributed by atoms with Gasteiger partial charge in [-0.3, -0.25) is 0 Å². The van der Waals surface area contributed by atoms with Crippen LogP contribution >= 0.6 is 6.75 Å². The molecular weight excluding hydrogens is 555 g/mol. The fourth-order valence-electron chi connectivity index (χ4n) is 6.12. The molecule has 0 aliphatic carbocycles. The predicted molar refractivity (Wildman–Crippen MR) is 160 cm³/mol. The van der Waals surface area contributed by atoms with Gasteiger partial charge >= 0.3 is 243 Å². The van der Waals surface area contributed by atoms with Crippen molar-refractivity contribution in [1.29, 1.82) is 0 Å². The molecule has 1 saturated heterocycles. The Bertz CT molecular complexity index is 1530. The van der Waals surface area contributed by atoms with Gasteiger partial charge in [0, 0.05) is 0 Å². The first kappa shape index (κ1) is 28.6. The first-order valence-corrected chi connectivity index (χ1v) is 15.8. The van der Waals surface area contributed by atoms with E-state index in [1.165, 1.54) is 18.2 Å². The Hall–Kier alpha value is -4.88. The first-order chi connectivity index (χ1) is 20.3. The number of hydrogen-bond acceptors (Lipinski definition) is 6. The second-order valence-electron chi connectivity index (χ2n) is 10.2. The summed E-state index contributed by atoms with van der Waals surface area (Å²) >= 11 is 0. The average molecular weight is 585 g/mol. The molecule has 1 atom stereocenters. The van der Waals surface area contributed by atoms with E-state index < -0.39 is 29.7 Å². The van der Waals surface area contributed by atoms with Crippen molar-refractivity contribution < 1.29 is 29.2 Å². The second-order valence-corrected chi connectivity index (χ2v) is 15.0. The molecule has 42 heavy (non-hydrogen) atoms. The molecule has 0 saturated carbocycles. The van der Waals surface area contributed by atoms with Gasteiger partial charge in [-0.2, -0.15) is 0 Å². The van der Waals surface area contributed by atoms with Gasteiger partial charge < -0.3 is 0 Å². The molecule has 9 nitrogen and oxygen atoms in total. The molecule has 0 radical (unpaired) electrons. The normalized spacial score (nSPS) is 15.6. The van der Waals surface area contributed by atoms with E-state index in [-0.39, 0.29) is 42.8 Å². The Morgan fingerprint density at radius 3 is 1.76 bits per heavy atom. The van der Waals surface area contributed by atoms with E-state index in [2.05, 4.69) is 0 Å². The predicted octanol–water partition coefficient (Wildman–Crippen LogP) is 4.16. The number of ether oxygens (including phenoxy) is 1. The summed E-state index contributed by atoms with van der Waals surface area (Å²) in [5.74, 6) is -1.99. The number of nitrogens with zero attached hydrogens (tertiary/aromatic N) is 2. The number of esters is 1. The van der Waals surface area contributed by atoms with Crippen LogP contribution < -0.4 is 15.9 Å². The summed E-state index contributed by atoms with van der Waals surface area (Å²) in [6.45, 7) is -4.69. The molecule has 1 fully saturated rings. The average Bonchev–Trinajstić information content (AvgIpc) is 3.00. The van der Waals surface area contributed by atoms with Crippen LogP contribution in [0.5, 0.6) is 0 Å². The molecule has 4 aromatic carbocycles. The number of carbonyl (C=O) groups is 3. The Morgan fingerprint density at radius 1 is 0.833 bits per heavy atom. The fraction of sp³-hybridized carbons (Fsp3) is 0.156. The standard InChI is InChI=1S/C32H29N2O7P/c35-30-20-25(21-31(36)37)33(30)42(26-13-4-1-5-14-26,27-15-6-2-7-16-27,28-17-8-3-9-18-28)23-32(38)41-22-24-12-10-11-19-29(24)34(39)40/h1-19,25H,20-23H2,(H,36,37). The van der Waals surface area contributed by atoms with Crippen molar-refractivity contribution in [3.63, 3.8) is 0 Å². The number of hydrogen-bond donors (Lipinski definition) is 1. The number of carboxylic acid groups (broad SMARTS) is 1. The minimum atomic E-state index is -4.35. The van der Waals surface area contributed by atoms with Crippen molar-refractivity contribution in [2.45, 2.75) is 25.5 Å². The molecule has 0 spiro atoms. The second kappa shape index (κ2) is 11.5. The van der Waals surface area contributed by atoms with Crippen molar-refractivity contribution in [2.24, 2.45) is 0 Å². The van der Waals surface area contributed by atoms with Gasteiger partial charge in [-0.1, -0.05) is 0 Å². The quantitative estimate of drug-likeness (QED) is 0.0922. The van der Waals surface area contributed by atoms with Gasteiger partial charge in [0.05, 0.1) is 0 Å². The molecule has 4 aromatic rings. The minimum absolute atomic E-state index is 0.0297. The molecule has 1 aliphatic heterocycles. The van der Waals surface area contributed by atoms with Crippen LogP contribution in [-0.4, -0.2) is 44.7 Å². The molecule has 1 amide bonds. The van der Waals surface area contributed by atoms with Crippen molar-refractivity contribution in [1.82, 2.24) is 4.67 Å². The molecule has 214 valence electrons. The number of nitro benzene ring substituents is 1. The van der Waals surface area contributed by atoms with Gasteiger partial charge in [0.15, 0.2) is 0 Å². The number of rotatable bonds is 11. The van der Waals surface area contributed by atoms with E-state index >= 15 is 0 Å². The third kappa shape index (κ3) is 4.72. The molecule has 1 N–H and O–H groups in total. The molecular formula is C32H29N2O7P. The topological polar surface area (TPSA) is 127 Å². The Balaban J connectivity index is 1.76. The van der Waals surface area contributed by atoms with Gasteiger partial charge in [0.2, 0.25) is 0 Å². The van der Waals surface area contributed by atoms with Crippen LogP contribution in [-0.2, 0) is 25.7 Å². The Labute approximate surface area is 242 Å². The number of aliphatic carboxylic acids is 1. The number of carbonyl (C=O) groups excluding carboxylic acids is 2.